The molecule has 2 rings (SSSR count). The Labute approximate surface area is 100 Å². The van der Waals surface area contributed by atoms with Crippen molar-refractivity contribution >= 4 is 31.9 Å². The maximum Gasteiger partial charge on any atom is 0.0254 e. The van der Waals surface area contributed by atoms with Gasteiger partial charge in [0.2, 0.25) is 0 Å². The van der Waals surface area contributed by atoms with E-state index in [-0.39, 0.29) is 0 Å². The first kappa shape index (κ1) is 9.94. The van der Waals surface area contributed by atoms with Gasteiger partial charge in [-0.15, -0.1) is 0 Å². The van der Waals surface area contributed by atoms with Gasteiger partial charge in [-0.3, -0.25) is 0 Å². The Bertz CT molecular complexity index is 432. The number of benzene rings is 2. The fourth-order valence-electron chi connectivity index (χ4n) is 1.25. The molecular weight excluding hydrogens is 304 g/mol. The molecule has 0 heterocycles. The van der Waals surface area contributed by atoms with Crippen LogP contribution in [0.3, 0.4) is 0 Å². The van der Waals surface area contributed by atoms with Crippen molar-refractivity contribution in [2.75, 3.05) is 0 Å². The lowest BCUT2D eigenvalue weighted by atomic mass is 10.1. The first-order valence-electron chi connectivity index (χ1n) is 4.19. The summed E-state index contributed by atoms with van der Waals surface area (Å²) in [6.07, 6.45) is 0. The van der Waals surface area contributed by atoms with Crippen LogP contribution in [0.25, 0.3) is 11.1 Å². The van der Waals surface area contributed by atoms with E-state index in [0.29, 0.717) is 0 Å². The van der Waals surface area contributed by atoms with E-state index in [1.807, 2.05) is 24.3 Å². The molecule has 0 N–H and O–H groups in total. The summed E-state index contributed by atoms with van der Waals surface area (Å²) in [6.45, 7) is 0. The number of halogens is 2. The predicted molar refractivity (Wildman–Crippen MR) is 66.1 cm³/mol. The van der Waals surface area contributed by atoms with Crippen molar-refractivity contribution in [1.82, 2.24) is 0 Å². The molecular formula is C12H7Br2. The molecule has 0 nitrogen and oxygen atoms in total. The van der Waals surface area contributed by atoms with Crippen molar-refractivity contribution in [1.29, 1.82) is 0 Å². The third kappa shape index (κ3) is 2.25. The quantitative estimate of drug-likeness (QED) is 0.717. The molecule has 0 saturated carbocycles. The van der Waals surface area contributed by atoms with Crippen LogP contribution < -0.4 is 0 Å². The van der Waals surface area contributed by atoms with E-state index >= 15 is 0 Å². The maximum atomic E-state index is 3.45. The van der Waals surface area contributed by atoms with E-state index in [1.54, 1.807) is 0 Å². The summed E-state index contributed by atoms with van der Waals surface area (Å²) in [6, 6.07) is 17.4. The highest BCUT2D eigenvalue weighted by atomic mass is 79.9. The van der Waals surface area contributed by atoms with Crippen molar-refractivity contribution in [2.45, 2.75) is 0 Å². The van der Waals surface area contributed by atoms with Gasteiger partial charge in [-0.2, -0.15) is 0 Å². The molecule has 0 saturated heterocycles. The average Bonchev–Trinajstić information content (AvgIpc) is 2.19. The zero-order chi connectivity index (χ0) is 9.97. The van der Waals surface area contributed by atoms with Crippen LogP contribution in [0.1, 0.15) is 0 Å². The molecule has 2 heteroatoms. The van der Waals surface area contributed by atoms with Crippen LogP contribution in [0, 0.1) is 6.07 Å². The summed E-state index contributed by atoms with van der Waals surface area (Å²) in [4.78, 5) is 0. The van der Waals surface area contributed by atoms with Crippen LogP contribution in [0.5, 0.6) is 0 Å². The Hall–Kier alpha value is -0.600. The minimum atomic E-state index is 0.983. The third-order valence-corrected chi connectivity index (χ3v) is 2.92. The van der Waals surface area contributed by atoms with Gasteiger partial charge >= 0.3 is 0 Å². The largest absolute Gasteiger partial charge is 0.0605 e. The first-order chi connectivity index (χ1) is 6.75. The Morgan fingerprint density at radius 2 is 1.79 bits per heavy atom. The van der Waals surface area contributed by atoms with Crippen molar-refractivity contribution in [3.63, 3.8) is 0 Å². The van der Waals surface area contributed by atoms with Gasteiger partial charge in [-0.05, 0) is 41.5 Å². The highest BCUT2D eigenvalue weighted by Crippen LogP contribution is 2.23. The Balaban J connectivity index is 2.44. The zero-order valence-electron chi connectivity index (χ0n) is 7.30. The second kappa shape index (κ2) is 4.28. The van der Waals surface area contributed by atoms with E-state index in [1.165, 1.54) is 11.1 Å². The molecule has 0 aliphatic rings. The van der Waals surface area contributed by atoms with Gasteiger partial charge in [0.1, 0.15) is 0 Å². The lowest BCUT2D eigenvalue weighted by Gasteiger charge is -2.01. The minimum Gasteiger partial charge on any atom is -0.0605 e. The molecule has 0 spiro atoms. The van der Waals surface area contributed by atoms with Gasteiger partial charge in [0.05, 0.1) is 0 Å². The third-order valence-electron chi connectivity index (χ3n) is 1.93. The van der Waals surface area contributed by atoms with E-state index in [0.717, 1.165) is 8.95 Å². The lowest BCUT2D eigenvalue weighted by molar-refractivity contribution is 1.57. The number of hydrogen-bond donors (Lipinski definition) is 0. The van der Waals surface area contributed by atoms with Gasteiger partial charge in [0.15, 0.2) is 0 Å². The molecule has 0 unspecified atom stereocenters. The smallest absolute Gasteiger partial charge is 0.0254 e. The van der Waals surface area contributed by atoms with E-state index in [4.69, 9.17) is 0 Å². The normalized spacial score (nSPS) is 10.1. The van der Waals surface area contributed by atoms with Crippen LogP contribution >= 0.6 is 31.9 Å². The molecule has 0 bridgehead atoms. The van der Waals surface area contributed by atoms with Gasteiger partial charge in [-0.1, -0.05) is 50.1 Å². The molecule has 0 amide bonds. The summed E-state index contributed by atoms with van der Waals surface area (Å²) in [7, 11) is 0. The van der Waals surface area contributed by atoms with Crippen molar-refractivity contribution in [2.24, 2.45) is 0 Å². The lowest BCUT2D eigenvalue weighted by Crippen LogP contribution is -1.77. The molecule has 2 aromatic rings. The van der Waals surface area contributed by atoms with Crippen LogP contribution in [0.15, 0.2) is 51.4 Å². The molecule has 69 valence electrons. The van der Waals surface area contributed by atoms with E-state index in [9.17, 15) is 0 Å². The SMILES string of the molecule is Brc1[c]cc(-c2cccc(Br)c2)cc1. The van der Waals surface area contributed by atoms with Gasteiger partial charge < -0.3 is 0 Å². The molecule has 0 atom stereocenters. The zero-order valence-corrected chi connectivity index (χ0v) is 10.5. The van der Waals surface area contributed by atoms with Crippen LogP contribution in [0.2, 0.25) is 0 Å². The van der Waals surface area contributed by atoms with E-state index < -0.39 is 0 Å². The standard InChI is InChI=1S/C12H7Br2/c13-11-6-4-9(5-7-11)10-2-1-3-12(14)8-10/h1-6,8H. The topological polar surface area (TPSA) is 0 Å². The summed E-state index contributed by atoms with van der Waals surface area (Å²) in [5.74, 6) is 0. The Kier molecular flexibility index (Phi) is 3.04. The molecule has 14 heavy (non-hydrogen) atoms. The van der Waals surface area contributed by atoms with Gasteiger partial charge in [0.25, 0.3) is 0 Å². The van der Waals surface area contributed by atoms with E-state index in [2.05, 4.69) is 56.1 Å². The monoisotopic (exact) mass is 309 g/mol. The van der Waals surface area contributed by atoms with Crippen molar-refractivity contribution in [3.05, 3.63) is 57.5 Å². The molecule has 2 aromatic carbocycles. The summed E-state index contributed by atoms with van der Waals surface area (Å²) in [5.41, 5.74) is 2.37. The highest BCUT2D eigenvalue weighted by Gasteiger charge is 1.97. The summed E-state index contributed by atoms with van der Waals surface area (Å²) >= 11 is 6.82. The van der Waals surface area contributed by atoms with Crippen LogP contribution in [0.4, 0.5) is 0 Å². The second-order valence-corrected chi connectivity index (χ2v) is 4.71. The number of hydrogen-bond acceptors (Lipinski definition) is 0. The molecule has 0 aromatic heterocycles. The Morgan fingerprint density at radius 1 is 0.929 bits per heavy atom. The first-order valence-corrected chi connectivity index (χ1v) is 5.77. The molecule has 0 fully saturated rings. The maximum absolute atomic E-state index is 3.45. The predicted octanol–water partition coefficient (Wildman–Crippen LogP) is 4.68. The fraction of sp³-hybridized carbons (Fsp3) is 0. The average molecular weight is 311 g/mol. The van der Waals surface area contributed by atoms with Gasteiger partial charge in [-0.25, -0.2) is 0 Å². The fourth-order valence-corrected chi connectivity index (χ4v) is 1.90. The highest BCUT2D eigenvalue weighted by molar-refractivity contribution is 9.10. The molecule has 1 radical (unpaired) electrons. The second-order valence-electron chi connectivity index (χ2n) is 2.94. The van der Waals surface area contributed by atoms with Crippen LogP contribution in [-0.2, 0) is 0 Å². The van der Waals surface area contributed by atoms with Crippen LogP contribution in [-0.4, -0.2) is 0 Å². The summed E-state index contributed by atoms with van der Waals surface area (Å²) in [5, 5.41) is 0. The molecule has 0 aliphatic carbocycles. The molecule has 0 aliphatic heterocycles. The number of rotatable bonds is 1. The van der Waals surface area contributed by atoms with Gasteiger partial charge in [0, 0.05) is 8.95 Å². The minimum absolute atomic E-state index is 0.983. The Morgan fingerprint density at radius 3 is 2.43 bits per heavy atom. The van der Waals surface area contributed by atoms with Crippen molar-refractivity contribution in [3.8, 4) is 11.1 Å². The van der Waals surface area contributed by atoms with Crippen molar-refractivity contribution < 1.29 is 0 Å². The summed E-state index contributed by atoms with van der Waals surface area (Å²) < 4.78 is 2.08.